The molecule has 7 heteroatoms. The lowest BCUT2D eigenvalue weighted by atomic mass is 10.0. The smallest absolute Gasteiger partial charge is 0.271 e. The third-order valence-electron chi connectivity index (χ3n) is 3.71. The maximum absolute atomic E-state index is 12.7. The predicted octanol–water partition coefficient (Wildman–Crippen LogP) is 3.17. The molecule has 0 saturated heterocycles. The summed E-state index contributed by atoms with van der Waals surface area (Å²) in [5.41, 5.74) is 1.42. The van der Waals surface area contributed by atoms with Crippen LogP contribution in [0.3, 0.4) is 0 Å². The molecule has 2 aromatic carbocycles. The second-order valence-corrected chi connectivity index (χ2v) is 8.22. The van der Waals surface area contributed by atoms with Crippen LogP contribution in [0.4, 0.5) is 5.69 Å². The fourth-order valence-electron chi connectivity index (χ4n) is 2.63. The van der Waals surface area contributed by atoms with E-state index in [1.54, 1.807) is 12.1 Å². The van der Waals surface area contributed by atoms with Crippen LogP contribution in [0.25, 0.3) is 15.7 Å². The number of hydrogen-bond donors (Lipinski definition) is 2. The van der Waals surface area contributed by atoms with E-state index in [1.807, 2.05) is 42.5 Å². The molecule has 24 heavy (non-hydrogen) atoms. The molecular formula is C17H12N2O3S2. The number of nitrogens with one attached hydrogen (secondary N) is 2. The van der Waals surface area contributed by atoms with E-state index < -0.39 is 10.0 Å². The zero-order valence-electron chi connectivity index (χ0n) is 12.3. The number of sulfonamides is 1. The molecule has 0 unspecified atom stereocenters. The minimum atomic E-state index is -3.63. The molecule has 4 rings (SSSR count). The van der Waals surface area contributed by atoms with Crippen molar-refractivity contribution < 1.29 is 13.2 Å². The molecule has 1 aromatic heterocycles. The molecule has 3 aromatic rings. The normalized spacial score (nSPS) is 15.2. The summed E-state index contributed by atoms with van der Waals surface area (Å²) < 4.78 is 27.9. The third kappa shape index (κ3) is 2.38. The number of amides is 1. The van der Waals surface area contributed by atoms with Gasteiger partial charge in [-0.3, -0.25) is 9.52 Å². The highest BCUT2D eigenvalue weighted by atomic mass is 32.2. The van der Waals surface area contributed by atoms with Crippen molar-refractivity contribution in [3.63, 3.8) is 0 Å². The summed E-state index contributed by atoms with van der Waals surface area (Å²) in [6.45, 7) is 0. The van der Waals surface area contributed by atoms with Crippen LogP contribution in [-0.2, 0) is 14.8 Å². The fourth-order valence-corrected chi connectivity index (χ4v) is 5.30. The maximum Gasteiger partial charge on any atom is 0.271 e. The van der Waals surface area contributed by atoms with Gasteiger partial charge in [-0.25, -0.2) is 8.42 Å². The largest absolute Gasteiger partial charge is 0.322 e. The van der Waals surface area contributed by atoms with Gasteiger partial charge in [0.05, 0.1) is 5.57 Å². The minimum absolute atomic E-state index is 0.171. The Hall–Kier alpha value is -2.64. The molecule has 0 atom stereocenters. The van der Waals surface area contributed by atoms with Crippen molar-refractivity contribution in [2.24, 2.45) is 0 Å². The number of fused-ring (bicyclic) bond motifs is 3. The first-order valence-electron chi connectivity index (χ1n) is 7.17. The molecule has 1 aliphatic rings. The van der Waals surface area contributed by atoms with Gasteiger partial charge in [-0.2, -0.15) is 0 Å². The van der Waals surface area contributed by atoms with Gasteiger partial charge in [-0.1, -0.05) is 36.4 Å². The van der Waals surface area contributed by atoms with Gasteiger partial charge in [0.2, 0.25) is 0 Å². The second-order valence-electron chi connectivity index (χ2n) is 5.26. The topological polar surface area (TPSA) is 75.3 Å². The van der Waals surface area contributed by atoms with Crippen molar-refractivity contribution in [1.29, 1.82) is 0 Å². The van der Waals surface area contributed by atoms with E-state index in [0.29, 0.717) is 16.8 Å². The van der Waals surface area contributed by atoms with Crippen LogP contribution in [-0.4, -0.2) is 14.3 Å². The molecule has 0 bridgehead atoms. The fraction of sp³-hybridized carbons (Fsp3) is 0. The molecule has 120 valence electrons. The first kappa shape index (κ1) is 14.9. The zero-order valence-corrected chi connectivity index (χ0v) is 13.9. The Balaban J connectivity index is 1.84. The van der Waals surface area contributed by atoms with Crippen molar-refractivity contribution in [3.8, 4) is 0 Å². The summed E-state index contributed by atoms with van der Waals surface area (Å²) >= 11 is 1.16. The van der Waals surface area contributed by atoms with E-state index in [-0.39, 0.29) is 10.1 Å². The highest BCUT2D eigenvalue weighted by Gasteiger charge is 2.32. The molecule has 2 heterocycles. The molecule has 5 nitrogen and oxygen atoms in total. The van der Waals surface area contributed by atoms with Crippen LogP contribution in [0.2, 0.25) is 0 Å². The van der Waals surface area contributed by atoms with Crippen molar-refractivity contribution in [1.82, 2.24) is 4.72 Å². The summed E-state index contributed by atoms with van der Waals surface area (Å²) in [7, 11) is -3.63. The van der Waals surface area contributed by atoms with E-state index in [9.17, 15) is 13.2 Å². The highest BCUT2D eigenvalue weighted by molar-refractivity contribution is 7.92. The van der Waals surface area contributed by atoms with E-state index >= 15 is 0 Å². The standard InChI is InChI=1S/C17H12N2O3S2/c20-16(19-11-6-2-1-3-7-11)13-10-18-24(21,22)17-15(13)12-8-4-5-9-14(12)23-17/h1-10,18H,(H,19,20). The summed E-state index contributed by atoms with van der Waals surface area (Å²) in [4.78, 5) is 12.7. The van der Waals surface area contributed by atoms with E-state index in [1.165, 1.54) is 6.20 Å². The van der Waals surface area contributed by atoms with Gasteiger partial charge >= 0.3 is 0 Å². The van der Waals surface area contributed by atoms with E-state index in [4.69, 9.17) is 0 Å². The molecule has 1 amide bonds. The van der Waals surface area contributed by atoms with Crippen molar-refractivity contribution in [3.05, 3.63) is 66.4 Å². The van der Waals surface area contributed by atoms with Gasteiger partial charge in [-0.05, 0) is 18.2 Å². The number of para-hydroxylation sites is 1. The number of benzene rings is 2. The Bertz CT molecular complexity index is 1080. The second kappa shape index (κ2) is 5.47. The number of carbonyl (C=O) groups excluding carboxylic acids is 1. The quantitative estimate of drug-likeness (QED) is 0.740. The van der Waals surface area contributed by atoms with Crippen LogP contribution >= 0.6 is 11.3 Å². The number of anilines is 1. The Morgan fingerprint density at radius 1 is 1.00 bits per heavy atom. The molecule has 0 aliphatic carbocycles. The van der Waals surface area contributed by atoms with Gasteiger partial charge in [0, 0.05) is 27.5 Å². The SMILES string of the molecule is O=C(Nc1ccccc1)C1=CNS(=O)(=O)c2sc3ccccc3c21. The molecule has 1 aliphatic heterocycles. The molecule has 0 spiro atoms. The van der Waals surface area contributed by atoms with E-state index in [2.05, 4.69) is 10.0 Å². The Morgan fingerprint density at radius 3 is 2.50 bits per heavy atom. The summed E-state index contributed by atoms with van der Waals surface area (Å²) in [5, 5.41) is 3.56. The van der Waals surface area contributed by atoms with E-state index in [0.717, 1.165) is 21.4 Å². The van der Waals surface area contributed by atoms with Crippen LogP contribution in [0.15, 0.2) is 65.0 Å². The zero-order chi connectivity index (χ0) is 16.7. The maximum atomic E-state index is 12.7. The summed E-state index contributed by atoms with van der Waals surface area (Å²) in [6, 6.07) is 16.4. The van der Waals surface area contributed by atoms with Crippen LogP contribution in [0.1, 0.15) is 5.56 Å². The number of carbonyl (C=O) groups is 1. The third-order valence-corrected chi connectivity index (χ3v) is 6.71. The number of hydrogen-bond acceptors (Lipinski definition) is 4. The molecule has 0 saturated carbocycles. The summed E-state index contributed by atoms with van der Waals surface area (Å²) in [6.07, 6.45) is 1.26. The first-order chi connectivity index (χ1) is 11.6. The van der Waals surface area contributed by atoms with Crippen LogP contribution in [0, 0.1) is 0 Å². The molecule has 2 N–H and O–H groups in total. The van der Waals surface area contributed by atoms with Crippen LogP contribution in [0.5, 0.6) is 0 Å². The summed E-state index contributed by atoms with van der Waals surface area (Å²) in [5.74, 6) is -0.353. The van der Waals surface area contributed by atoms with Gasteiger partial charge in [-0.15, -0.1) is 11.3 Å². The Kier molecular flexibility index (Phi) is 3.40. The van der Waals surface area contributed by atoms with Gasteiger partial charge < -0.3 is 5.32 Å². The minimum Gasteiger partial charge on any atom is -0.322 e. The van der Waals surface area contributed by atoms with Gasteiger partial charge in [0.1, 0.15) is 4.21 Å². The Labute approximate surface area is 142 Å². The average molecular weight is 356 g/mol. The lowest BCUT2D eigenvalue weighted by Crippen LogP contribution is -2.26. The van der Waals surface area contributed by atoms with Crippen molar-refractivity contribution in [2.45, 2.75) is 4.21 Å². The lowest BCUT2D eigenvalue weighted by molar-refractivity contribution is -0.111. The van der Waals surface area contributed by atoms with Crippen molar-refractivity contribution >= 4 is 48.6 Å². The Morgan fingerprint density at radius 2 is 1.71 bits per heavy atom. The molecule has 0 fully saturated rings. The van der Waals surface area contributed by atoms with Gasteiger partial charge in [0.25, 0.3) is 15.9 Å². The highest BCUT2D eigenvalue weighted by Crippen LogP contribution is 2.40. The molecule has 0 radical (unpaired) electrons. The predicted molar refractivity (Wildman–Crippen MR) is 95.2 cm³/mol. The number of rotatable bonds is 2. The van der Waals surface area contributed by atoms with Crippen molar-refractivity contribution in [2.75, 3.05) is 5.32 Å². The lowest BCUT2D eigenvalue weighted by Gasteiger charge is -2.16. The van der Waals surface area contributed by atoms with Gasteiger partial charge in [0.15, 0.2) is 0 Å². The van der Waals surface area contributed by atoms with Crippen LogP contribution < -0.4 is 10.0 Å². The molecular weight excluding hydrogens is 344 g/mol. The average Bonchev–Trinajstić information content (AvgIpc) is 2.97. The number of thiophene rings is 1. The first-order valence-corrected chi connectivity index (χ1v) is 9.47. The monoisotopic (exact) mass is 356 g/mol.